The highest BCUT2D eigenvalue weighted by atomic mass is 16.3. The van der Waals surface area contributed by atoms with E-state index in [1.54, 1.807) is 0 Å². The average molecular weight is 223 g/mol. The minimum absolute atomic E-state index is 0.195. The Morgan fingerprint density at radius 1 is 1.38 bits per heavy atom. The molecule has 1 aromatic rings. The number of aliphatic hydroxyl groups is 1. The smallest absolute Gasteiger partial charge is 0.126 e. The molecule has 0 amide bonds. The molecular formula is C12H21N3O. The second-order valence-electron chi connectivity index (χ2n) is 3.64. The highest BCUT2D eigenvalue weighted by Crippen LogP contribution is 2.07. The summed E-state index contributed by atoms with van der Waals surface area (Å²) in [6, 6.07) is 5.99. The van der Waals surface area contributed by atoms with Crippen molar-refractivity contribution in [2.75, 3.05) is 31.6 Å². The summed E-state index contributed by atoms with van der Waals surface area (Å²) in [6.45, 7) is 7.63. The molecule has 0 aliphatic rings. The molecule has 0 aliphatic carbocycles. The summed E-state index contributed by atoms with van der Waals surface area (Å²) in [5.41, 5.74) is 1.04. The van der Waals surface area contributed by atoms with Gasteiger partial charge in [0.15, 0.2) is 0 Å². The van der Waals surface area contributed by atoms with Gasteiger partial charge in [-0.05, 0) is 25.6 Å². The first kappa shape index (κ1) is 12.9. The van der Waals surface area contributed by atoms with Crippen LogP contribution >= 0.6 is 0 Å². The lowest BCUT2D eigenvalue weighted by molar-refractivity contribution is 0.195. The molecule has 1 heterocycles. The minimum atomic E-state index is 0.195. The van der Waals surface area contributed by atoms with Gasteiger partial charge in [-0.2, -0.15) is 0 Å². The molecule has 0 aliphatic heterocycles. The molecule has 90 valence electrons. The van der Waals surface area contributed by atoms with Crippen LogP contribution in [-0.2, 0) is 6.54 Å². The van der Waals surface area contributed by atoms with Crippen molar-refractivity contribution >= 4 is 5.82 Å². The summed E-state index contributed by atoms with van der Waals surface area (Å²) in [5.74, 6) is 0.917. The zero-order valence-electron chi connectivity index (χ0n) is 10.1. The number of hydrogen-bond acceptors (Lipinski definition) is 4. The van der Waals surface area contributed by atoms with Crippen molar-refractivity contribution < 1.29 is 5.11 Å². The van der Waals surface area contributed by atoms with Gasteiger partial charge in [-0.3, -0.25) is 4.90 Å². The number of aromatic nitrogens is 1. The van der Waals surface area contributed by atoms with Crippen molar-refractivity contribution in [1.29, 1.82) is 0 Å². The molecule has 4 heteroatoms. The first-order valence-electron chi connectivity index (χ1n) is 5.83. The van der Waals surface area contributed by atoms with Gasteiger partial charge in [0.1, 0.15) is 5.82 Å². The molecule has 0 unspecified atom stereocenters. The van der Waals surface area contributed by atoms with Crippen molar-refractivity contribution in [1.82, 2.24) is 9.88 Å². The van der Waals surface area contributed by atoms with Crippen LogP contribution < -0.4 is 5.32 Å². The van der Waals surface area contributed by atoms with E-state index >= 15 is 0 Å². The van der Waals surface area contributed by atoms with Crippen molar-refractivity contribution in [3.05, 3.63) is 23.9 Å². The number of aliphatic hydroxyl groups excluding tert-OH is 1. The molecule has 2 N–H and O–H groups in total. The first-order valence-corrected chi connectivity index (χ1v) is 5.83. The van der Waals surface area contributed by atoms with E-state index in [-0.39, 0.29) is 6.61 Å². The van der Waals surface area contributed by atoms with Crippen molar-refractivity contribution in [3.63, 3.8) is 0 Å². The Morgan fingerprint density at radius 2 is 2.19 bits per heavy atom. The first-order chi connectivity index (χ1) is 7.80. The van der Waals surface area contributed by atoms with Crippen LogP contribution in [0, 0.1) is 0 Å². The number of likely N-dealkylation sites (N-methyl/N-ethyl adjacent to an activating group) is 1. The Kier molecular flexibility index (Phi) is 5.82. The van der Waals surface area contributed by atoms with Crippen molar-refractivity contribution in [2.24, 2.45) is 0 Å². The quantitative estimate of drug-likeness (QED) is 0.732. The molecule has 0 bridgehead atoms. The largest absolute Gasteiger partial charge is 0.395 e. The highest BCUT2D eigenvalue weighted by molar-refractivity contribution is 5.34. The minimum Gasteiger partial charge on any atom is -0.395 e. The van der Waals surface area contributed by atoms with E-state index in [0.717, 1.165) is 31.1 Å². The van der Waals surface area contributed by atoms with Crippen LogP contribution in [0.25, 0.3) is 0 Å². The zero-order chi connectivity index (χ0) is 11.8. The van der Waals surface area contributed by atoms with Crippen molar-refractivity contribution in [3.8, 4) is 0 Å². The SMILES string of the molecule is CCNc1cccc(CN(CC)CCO)n1. The topological polar surface area (TPSA) is 48.4 Å². The summed E-state index contributed by atoms with van der Waals surface area (Å²) in [7, 11) is 0. The molecule has 0 saturated carbocycles. The maximum absolute atomic E-state index is 8.91. The Morgan fingerprint density at radius 3 is 2.81 bits per heavy atom. The number of hydrogen-bond donors (Lipinski definition) is 2. The fourth-order valence-corrected chi connectivity index (χ4v) is 1.57. The van der Waals surface area contributed by atoms with Crippen LogP contribution in [0.15, 0.2) is 18.2 Å². The fraction of sp³-hybridized carbons (Fsp3) is 0.583. The van der Waals surface area contributed by atoms with Gasteiger partial charge in [0.25, 0.3) is 0 Å². The predicted molar refractivity (Wildman–Crippen MR) is 66.4 cm³/mol. The van der Waals surface area contributed by atoms with Gasteiger partial charge >= 0.3 is 0 Å². The van der Waals surface area contributed by atoms with Gasteiger partial charge in [0.05, 0.1) is 12.3 Å². The molecule has 0 atom stereocenters. The van der Waals surface area contributed by atoms with E-state index in [2.05, 4.69) is 29.0 Å². The number of rotatable bonds is 7. The summed E-state index contributed by atoms with van der Waals surface area (Å²) in [6.07, 6.45) is 0. The van der Waals surface area contributed by atoms with Gasteiger partial charge < -0.3 is 10.4 Å². The van der Waals surface area contributed by atoms with E-state index < -0.39 is 0 Å². The van der Waals surface area contributed by atoms with Gasteiger partial charge in [-0.15, -0.1) is 0 Å². The number of nitrogens with zero attached hydrogens (tertiary/aromatic N) is 2. The molecular weight excluding hydrogens is 202 g/mol. The van der Waals surface area contributed by atoms with Crippen molar-refractivity contribution in [2.45, 2.75) is 20.4 Å². The molecule has 0 fully saturated rings. The molecule has 0 saturated heterocycles. The monoisotopic (exact) mass is 223 g/mol. The maximum Gasteiger partial charge on any atom is 0.126 e. The van der Waals surface area contributed by atoms with E-state index in [0.29, 0.717) is 6.54 Å². The van der Waals surface area contributed by atoms with Crippen LogP contribution in [0.1, 0.15) is 19.5 Å². The predicted octanol–water partition coefficient (Wildman–Crippen LogP) is 1.33. The lowest BCUT2D eigenvalue weighted by atomic mass is 10.3. The molecule has 0 spiro atoms. The van der Waals surface area contributed by atoms with E-state index in [9.17, 15) is 0 Å². The molecule has 0 radical (unpaired) electrons. The molecule has 1 aromatic heterocycles. The number of nitrogens with one attached hydrogen (secondary N) is 1. The Bertz CT molecular complexity index is 304. The highest BCUT2D eigenvalue weighted by Gasteiger charge is 2.04. The standard InChI is InChI=1S/C12H21N3O/c1-3-13-12-7-5-6-11(14-12)10-15(4-2)8-9-16/h5-7,16H,3-4,8-10H2,1-2H3,(H,13,14). The van der Waals surface area contributed by atoms with Crippen LogP contribution in [0.2, 0.25) is 0 Å². The number of pyridine rings is 1. The van der Waals surface area contributed by atoms with Gasteiger partial charge in [0, 0.05) is 19.6 Å². The lowest BCUT2D eigenvalue weighted by Crippen LogP contribution is -2.26. The maximum atomic E-state index is 8.91. The van der Waals surface area contributed by atoms with E-state index in [1.807, 2.05) is 18.2 Å². The van der Waals surface area contributed by atoms with Gasteiger partial charge in [-0.1, -0.05) is 13.0 Å². The Hall–Kier alpha value is -1.13. The molecule has 4 nitrogen and oxygen atoms in total. The van der Waals surface area contributed by atoms with Crippen LogP contribution in [0.5, 0.6) is 0 Å². The summed E-state index contributed by atoms with van der Waals surface area (Å²) >= 11 is 0. The molecule has 1 rings (SSSR count). The van der Waals surface area contributed by atoms with E-state index in [1.165, 1.54) is 0 Å². The van der Waals surface area contributed by atoms with Crippen LogP contribution in [-0.4, -0.2) is 41.2 Å². The number of anilines is 1. The summed E-state index contributed by atoms with van der Waals surface area (Å²) < 4.78 is 0. The summed E-state index contributed by atoms with van der Waals surface area (Å²) in [5, 5.41) is 12.1. The van der Waals surface area contributed by atoms with E-state index in [4.69, 9.17) is 5.11 Å². The van der Waals surface area contributed by atoms with Gasteiger partial charge in [0.2, 0.25) is 0 Å². The molecule has 0 aromatic carbocycles. The third-order valence-corrected chi connectivity index (χ3v) is 2.41. The fourth-order valence-electron chi connectivity index (χ4n) is 1.57. The zero-order valence-corrected chi connectivity index (χ0v) is 10.1. The third kappa shape index (κ3) is 4.16. The summed E-state index contributed by atoms with van der Waals surface area (Å²) in [4.78, 5) is 6.66. The second kappa shape index (κ2) is 7.19. The Labute approximate surface area is 97.3 Å². The van der Waals surface area contributed by atoms with Gasteiger partial charge in [-0.25, -0.2) is 4.98 Å². The lowest BCUT2D eigenvalue weighted by Gasteiger charge is -2.18. The normalized spacial score (nSPS) is 10.8. The van der Waals surface area contributed by atoms with Crippen LogP contribution in [0.4, 0.5) is 5.82 Å². The molecule has 16 heavy (non-hydrogen) atoms. The second-order valence-corrected chi connectivity index (χ2v) is 3.64. The average Bonchev–Trinajstić information content (AvgIpc) is 2.29. The van der Waals surface area contributed by atoms with Crippen LogP contribution in [0.3, 0.4) is 0 Å². The third-order valence-electron chi connectivity index (χ3n) is 2.41. The Balaban J connectivity index is 2.60.